The first-order valence-corrected chi connectivity index (χ1v) is 4.36. The maximum Gasteiger partial charge on any atom is 0.0770 e. The second-order valence-electron chi connectivity index (χ2n) is 3.26. The van der Waals surface area contributed by atoms with E-state index in [1.54, 1.807) is 12.3 Å². The molecule has 1 atom stereocenters. The topological polar surface area (TPSA) is 74.2 Å². The van der Waals surface area contributed by atoms with Crippen molar-refractivity contribution in [3.05, 3.63) is 18.0 Å². The molecule has 4 nitrogen and oxygen atoms in total. The number of nitrogen functional groups attached to an aromatic ring is 2. The highest BCUT2D eigenvalue weighted by Crippen LogP contribution is 2.30. The van der Waals surface area contributed by atoms with Gasteiger partial charge in [-0.1, -0.05) is 0 Å². The van der Waals surface area contributed by atoms with Crippen LogP contribution in [0.15, 0.2) is 12.3 Å². The van der Waals surface area contributed by atoms with Crippen molar-refractivity contribution in [2.75, 3.05) is 24.7 Å². The Morgan fingerprint density at radius 1 is 1.46 bits per heavy atom. The van der Waals surface area contributed by atoms with Gasteiger partial charge in [0.15, 0.2) is 0 Å². The van der Waals surface area contributed by atoms with Gasteiger partial charge in [-0.15, -0.1) is 0 Å². The number of anilines is 2. The van der Waals surface area contributed by atoms with Gasteiger partial charge in [-0.05, 0) is 12.5 Å². The molecule has 2 heterocycles. The molecule has 1 aliphatic heterocycles. The molecule has 0 amide bonds. The molecule has 1 unspecified atom stereocenters. The van der Waals surface area contributed by atoms with Gasteiger partial charge in [-0.3, -0.25) is 4.98 Å². The van der Waals surface area contributed by atoms with Crippen molar-refractivity contribution in [1.82, 2.24) is 4.98 Å². The van der Waals surface area contributed by atoms with E-state index in [-0.39, 0.29) is 0 Å². The Morgan fingerprint density at radius 2 is 2.31 bits per heavy atom. The Hall–Kier alpha value is -1.29. The molecule has 0 radical (unpaired) electrons. The molecule has 0 aromatic carbocycles. The quantitative estimate of drug-likeness (QED) is 0.667. The fourth-order valence-corrected chi connectivity index (χ4v) is 1.58. The largest absolute Gasteiger partial charge is 0.397 e. The van der Waals surface area contributed by atoms with E-state index in [1.165, 1.54) is 0 Å². The van der Waals surface area contributed by atoms with E-state index in [0.29, 0.717) is 23.9 Å². The molecule has 1 fully saturated rings. The van der Waals surface area contributed by atoms with E-state index in [1.807, 2.05) is 0 Å². The first kappa shape index (κ1) is 8.31. The van der Waals surface area contributed by atoms with Crippen LogP contribution in [0.4, 0.5) is 11.4 Å². The Bertz CT molecular complexity index is 308. The second kappa shape index (κ2) is 3.22. The number of pyridine rings is 1. The molecule has 13 heavy (non-hydrogen) atoms. The van der Waals surface area contributed by atoms with Crippen LogP contribution < -0.4 is 11.5 Å². The lowest BCUT2D eigenvalue weighted by Gasteiger charge is -2.10. The van der Waals surface area contributed by atoms with Crippen molar-refractivity contribution in [2.24, 2.45) is 0 Å². The maximum absolute atomic E-state index is 5.82. The molecule has 70 valence electrons. The normalized spacial score (nSPS) is 22.0. The monoisotopic (exact) mass is 179 g/mol. The molecule has 1 aliphatic rings. The van der Waals surface area contributed by atoms with Gasteiger partial charge < -0.3 is 16.2 Å². The van der Waals surface area contributed by atoms with Crippen LogP contribution in [-0.4, -0.2) is 18.2 Å². The number of hydrogen-bond acceptors (Lipinski definition) is 4. The van der Waals surface area contributed by atoms with Gasteiger partial charge in [0, 0.05) is 18.7 Å². The van der Waals surface area contributed by atoms with Crippen LogP contribution in [0.1, 0.15) is 18.0 Å². The third-order valence-electron chi connectivity index (χ3n) is 2.37. The third kappa shape index (κ3) is 1.45. The molecule has 1 aromatic rings. The summed E-state index contributed by atoms with van der Waals surface area (Å²) >= 11 is 0. The average Bonchev–Trinajstić information content (AvgIpc) is 2.62. The summed E-state index contributed by atoms with van der Waals surface area (Å²) in [5.74, 6) is 0.323. The lowest BCUT2D eigenvalue weighted by atomic mass is 10.0. The number of ether oxygens (including phenoxy) is 1. The van der Waals surface area contributed by atoms with E-state index < -0.39 is 0 Å². The molecule has 0 bridgehead atoms. The van der Waals surface area contributed by atoms with Crippen molar-refractivity contribution in [2.45, 2.75) is 12.3 Å². The Kier molecular flexibility index (Phi) is 2.06. The lowest BCUT2D eigenvalue weighted by Crippen LogP contribution is -2.07. The maximum atomic E-state index is 5.82. The predicted octanol–water partition coefficient (Wildman–Crippen LogP) is 0.750. The molecule has 1 saturated heterocycles. The molecule has 1 aromatic heterocycles. The van der Waals surface area contributed by atoms with Crippen LogP contribution in [-0.2, 0) is 4.74 Å². The van der Waals surface area contributed by atoms with Gasteiger partial charge in [-0.25, -0.2) is 0 Å². The minimum Gasteiger partial charge on any atom is -0.397 e. The highest BCUT2D eigenvalue weighted by Gasteiger charge is 2.21. The molecular formula is C9H13N3O. The van der Waals surface area contributed by atoms with E-state index in [2.05, 4.69) is 4.98 Å². The highest BCUT2D eigenvalue weighted by molar-refractivity contribution is 5.65. The molecule has 4 heteroatoms. The smallest absolute Gasteiger partial charge is 0.0770 e. The van der Waals surface area contributed by atoms with Crippen molar-refractivity contribution >= 4 is 11.4 Å². The van der Waals surface area contributed by atoms with Crippen molar-refractivity contribution < 1.29 is 4.74 Å². The summed E-state index contributed by atoms with van der Waals surface area (Å²) in [6, 6.07) is 1.72. The number of rotatable bonds is 1. The third-order valence-corrected chi connectivity index (χ3v) is 2.37. The molecule has 4 N–H and O–H groups in total. The number of hydrogen-bond donors (Lipinski definition) is 2. The minimum absolute atomic E-state index is 0.323. The van der Waals surface area contributed by atoms with Crippen LogP contribution in [0.5, 0.6) is 0 Å². The van der Waals surface area contributed by atoms with Crippen LogP contribution in [0.2, 0.25) is 0 Å². The summed E-state index contributed by atoms with van der Waals surface area (Å²) < 4.78 is 5.27. The summed E-state index contributed by atoms with van der Waals surface area (Å²) in [5.41, 5.74) is 13.6. The Balaban J connectivity index is 2.33. The van der Waals surface area contributed by atoms with E-state index in [0.717, 1.165) is 18.7 Å². The molecule has 0 spiro atoms. The summed E-state index contributed by atoms with van der Waals surface area (Å²) in [5, 5.41) is 0. The summed E-state index contributed by atoms with van der Waals surface area (Å²) in [7, 11) is 0. The van der Waals surface area contributed by atoms with Gasteiger partial charge in [0.2, 0.25) is 0 Å². The average molecular weight is 179 g/mol. The standard InChI is InChI=1S/C9H13N3O/c10-7-1-3-12-9(8(7)11)6-2-4-13-5-6/h1,3,6H,2,4-5,11H2,(H2,10,12). The van der Waals surface area contributed by atoms with Gasteiger partial charge in [0.1, 0.15) is 0 Å². The summed E-state index contributed by atoms with van der Waals surface area (Å²) in [4.78, 5) is 4.24. The van der Waals surface area contributed by atoms with Gasteiger partial charge in [0.05, 0.1) is 23.7 Å². The Morgan fingerprint density at radius 3 is 3.00 bits per heavy atom. The van der Waals surface area contributed by atoms with Crippen molar-refractivity contribution in [1.29, 1.82) is 0 Å². The molecular weight excluding hydrogens is 166 g/mol. The van der Waals surface area contributed by atoms with Gasteiger partial charge >= 0.3 is 0 Å². The highest BCUT2D eigenvalue weighted by atomic mass is 16.5. The molecule has 2 rings (SSSR count). The van der Waals surface area contributed by atoms with E-state index in [9.17, 15) is 0 Å². The van der Waals surface area contributed by atoms with E-state index in [4.69, 9.17) is 16.2 Å². The Labute approximate surface area is 76.9 Å². The molecule has 0 aliphatic carbocycles. The summed E-state index contributed by atoms with van der Waals surface area (Å²) in [6.07, 6.45) is 2.68. The zero-order chi connectivity index (χ0) is 9.26. The minimum atomic E-state index is 0.323. The SMILES string of the molecule is Nc1ccnc(C2CCOC2)c1N. The van der Waals surface area contributed by atoms with Gasteiger partial charge in [-0.2, -0.15) is 0 Å². The number of nitrogens with two attached hydrogens (primary N) is 2. The zero-order valence-electron chi connectivity index (χ0n) is 7.36. The number of nitrogens with zero attached hydrogens (tertiary/aromatic N) is 1. The fourth-order valence-electron chi connectivity index (χ4n) is 1.58. The zero-order valence-corrected chi connectivity index (χ0v) is 7.36. The van der Waals surface area contributed by atoms with Crippen LogP contribution in [0.25, 0.3) is 0 Å². The van der Waals surface area contributed by atoms with Crippen LogP contribution in [0, 0.1) is 0 Å². The van der Waals surface area contributed by atoms with Crippen LogP contribution in [0.3, 0.4) is 0 Å². The summed E-state index contributed by atoms with van der Waals surface area (Å²) in [6.45, 7) is 1.50. The fraction of sp³-hybridized carbons (Fsp3) is 0.444. The van der Waals surface area contributed by atoms with Crippen molar-refractivity contribution in [3.63, 3.8) is 0 Å². The second-order valence-corrected chi connectivity index (χ2v) is 3.26. The van der Waals surface area contributed by atoms with Gasteiger partial charge in [0.25, 0.3) is 0 Å². The lowest BCUT2D eigenvalue weighted by molar-refractivity contribution is 0.193. The molecule has 0 saturated carbocycles. The predicted molar refractivity (Wildman–Crippen MR) is 51.2 cm³/mol. The first-order chi connectivity index (χ1) is 6.29. The van der Waals surface area contributed by atoms with Crippen LogP contribution >= 0.6 is 0 Å². The first-order valence-electron chi connectivity index (χ1n) is 4.36. The number of aromatic nitrogens is 1. The van der Waals surface area contributed by atoms with E-state index >= 15 is 0 Å². The van der Waals surface area contributed by atoms with Crippen molar-refractivity contribution in [3.8, 4) is 0 Å².